The van der Waals surface area contributed by atoms with E-state index in [9.17, 15) is 14.8 Å². The summed E-state index contributed by atoms with van der Waals surface area (Å²) in [6, 6.07) is 19.1. The molecule has 35 heavy (non-hydrogen) atoms. The highest BCUT2D eigenvalue weighted by molar-refractivity contribution is 5.98. The van der Waals surface area contributed by atoms with Crippen LogP contribution in [0.1, 0.15) is 17.3 Å². The molecule has 4 aromatic rings. The number of esters is 1. The number of methoxy groups -OCH3 is 1. The van der Waals surface area contributed by atoms with E-state index in [4.69, 9.17) is 4.74 Å². The van der Waals surface area contributed by atoms with E-state index in [2.05, 4.69) is 15.4 Å². The van der Waals surface area contributed by atoms with Crippen LogP contribution in [0.2, 0.25) is 0 Å². The normalized spacial score (nSPS) is 12.3. The van der Waals surface area contributed by atoms with Crippen molar-refractivity contribution >= 4 is 17.6 Å². The number of nitrogens with zero attached hydrogens (tertiary/aromatic N) is 4. The molecule has 0 aliphatic rings. The highest BCUT2D eigenvalue weighted by Crippen LogP contribution is 2.27. The minimum atomic E-state index is -0.725. The van der Waals surface area contributed by atoms with Gasteiger partial charge in [-0.1, -0.05) is 30.3 Å². The number of carbonyl (C=O) groups is 2. The van der Waals surface area contributed by atoms with E-state index in [-0.39, 0.29) is 5.49 Å². The molecule has 9 nitrogen and oxygen atoms in total. The summed E-state index contributed by atoms with van der Waals surface area (Å²) in [6.07, 6.45) is 3.14. The lowest BCUT2D eigenvalue weighted by molar-refractivity contribution is -0.118. The Kier molecular flexibility index (Phi) is 6.77. The van der Waals surface area contributed by atoms with E-state index in [1.165, 1.54) is 13.3 Å². The molecule has 0 aliphatic heterocycles. The number of benzene rings is 2. The Morgan fingerprint density at radius 3 is 2.49 bits per heavy atom. The highest BCUT2D eigenvalue weighted by Gasteiger charge is 2.18. The van der Waals surface area contributed by atoms with Gasteiger partial charge < -0.3 is 15.3 Å². The van der Waals surface area contributed by atoms with Crippen LogP contribution in [0.4, 0.5) is 5.69 Å². The van der Waals surface area contributed by atoms with Crippen LogP contribution in [-0.2, 0) is 16.6 Å². The number of aromatic nitrogens is 3. The number of anilines is 1. The Balaban J connectivity index is 1.56. The van der Waals surface area contributed by atoms with Crippen molar-refractivity contribution in [2.24, 2.45) is 12.0 Å². The molecule has 1 atom stereocenters. The minimum Gasteiger partial charge on any atom is -0.465 e. The standard InChI is InChI=1S/C26H25N5O4/c1-17(25(32)29-24-12-9-19(16-31(24)34)18-7-5-4-6-8-18)28-20-10-11-21(22(15-20)26(33)35-3)23-13-14-27-30(23)2/h4-17,28,34H,1-3H3. The molecule has 0 radical (unpaired) electrons. The number of nitrogens with one attached hydrogen (secondary N) is 1. The van der Waals surface area contributed by atoms with E-state index in [0.717, 1.165) is 21.6 Å². The smallest absolute Gasteiger partial charge is 0.338 e. The summed E-state index contributed by atoms with van der Waals surface area (Å²) in [4.78, 5) is 29.2. The van der Waals surface area contributed by atoms with Crippen LogP contribution in [0, 0.1) is 0 Å². The topological polar surface area (TPSA) is 111 Å². The summed E-state index contributed by atoms with van der Waals surface area (Å²) >= 11 is 0. The first kappa shape index (κ1) is 23.5. The molecule has 0 bridgehead atoms. The first-order valence-corrected chi connectivity index (χ1v) is 10.9. The number of ether oxygens (including phenoxy) is 1. The first-order chi connectivity index (χ1) is 16.9. The molecule has 0 saturated carbocycles. The molecule has 2 N–H and O–H groups in total. The molecule has 1 unspecified atom stereocenters. The van der Waals surface area contributed by atoms with E-state index >= 15 is 0 Å². The molecular formula is C26H25N5O4. The zero-order valence-electron chi connectivity index (χ0n) is 19.5. The molecule has 0 aliphatic carbocycles. The van der Waals surface area contributed by atoms with E-state index < -0.39 is 17.9 Å². The van der Waals surface area contributed by atoms with Gasteiger partial charge in [-0.25, -0.2) is 4.79 Å². The van der Waals surface area contributed by atoms with Crippen LogP contribution in [-0.4, -0.2) is 44.7 Å². The van der Waals surface area contributed by atoms with Crippen molar-refractivity contribution in [2.75, 3.05) is 12.4 Å². The number of rotatable bonds is 6. The van der Waals surface area contributed by atoms with Crippen molar-refractivity contribution in [3.63, 3.8) is 0 Å². The van der Waals surface area contributed by atoms with E-state index in [1.807, 2.05) is 30.3 Å². The van der Waals surface area contributed by atoms with Gasteiger partial charge in [-0.05, 0) is 48.9 Å². The van der Waals surface area contributed by atoms with Gasteiger partial charge in [-0.2, -0.15) is 14.8 Å². The fraction of sp³-hybridized carbons (Fsp3) is 0.154. The lowest BCUT2D eigenvalue weighted by atomic mass is 10.0. The zero-order valence-corrected chi connectivity index (χ0v) is 19.5. The van der Waals surface area contributed by atoms with Crippen LogP contribution < -0.4 is 10.8 Å². The van der Waals surface area contributed by atoms with Crippen LogP contribution in [0.25, 0.3) is 22.4 Å². The predicted molar refractivity (Wildman–Crippen MR) is 131 cm³/mol. The number of carbonyl (C=O) groups excluding carboxylic acids is 2. The van der Waals surface area contributed by atoms with E-state index in [0.29, 0.717) is 16.8 Å². The molecule has 0 saturated heterocycles. The maximum Gasteiger partial charge on any atom is 0.338 e. The average Bonchev–Trinajstić information content (AvgIpc) is 3.30. The SMILES string of the molecule is COC(=O)c1cc(NC(C)C(=O)N=c2ccc(-c3ccccc3)cn2O)ccc1-c1ccnn1C. The summed E-state index contributed by atoms with van der Waals surface area (Å²) in [5.74, 6) is -0.996. The Morgan fingerprint density at radius 1 is 1.06 bits per heavy atom. The second-order valence-electron chi connectivity index (χ2n) is 7.89. The van der Waals surface area contributed by atoms with Gasteiger partial charge in [-0.15, -0.1) is 0 Å². The lowest BCUT2D eigenvalue weighted by Crippen LogP contribution is -2.29. The van der Waals surface area contributed by atoms with Crippen molar-refractivity contribution < 1.29 is 19.5 Å². The van der Waals surface area contributed by atoms with Gasteiger partial charge in [0.2, 0.25) is 0 Å². The largest absolute Gasteiger partial charge is 0.465 e. The number of amides is 1. The monoisotopic (exact) mass is 471 g/mol. The molecule has 2 heterocycles. The van der Waals surface area contributed by atoms with Gasteiger partial charge in [0.05, 0.1) is 24.6 Å². The van der Waals surface area contributed by atoms with Gasteiger partial charge in [0.1, 0.15) is 6.04 Å². The lowest BCUT2D eigenvalue weighted by Gasteiger charge is -2.15. The second-order valence-corrected chi connectivity index (χ2v) is 7.89. The maximum absolute atomic E-state index is 12.7. The molecule has 0 spiro atoms. The van der Waals surface area contributed by atoms with Crippen molar-refractivity contribution in [1.29, 1.82) is 0 Å². The summed E-state index contributed by atoms with van der Waals surface area (Å²) < 4.78 is 7.43. The number of aryl methyl sites for hydroxylation is 1. The number of pyridine rings is 1. The van der Waals surface area contributed by atoms with Crippen molar-refractivity contribution in [3.05, 3.63) is 90.2 Å². The Hall–Kier alpha value is -4.66. The van der Waals surface area contributed by atoms with Gasteiger partial charge in [-0.3, -0.25) is 9.48 Å². The number of hydrogen-bond donors (Lipinski definition) is 2. The second kappa shape index (κ2) is 10.1. The summed E-state index contributed by atoms with van der Waals surface area (Å²) in [5, 5.41) is 17.5. The fourth-order valence-electron chi connectivity index (χ4n) is 3.67. The van der Waals surface area contributed by atoms with Crippen molar-refractivity contribution in [3.8, 4) is 22.4 Å². The zero-order chi connectivity index (χ0) is 24.9. The fourth-order valence-corrected chi connectivity index (χ4v) is 3.67. The molecule has 1 amide bonds. The van der Waals surface area contributed by atoms with Crippen molar-refractivity contribution in [2.45, 2.75) is 13.0 Å². The van der Waals surface area contributed by atoms with Crippen LogP contribution in [0.3, 0.4) is 0 Å². The van der Waals surface area contributed by atoms with Crippen LogP contribution in [0.15, 0.2) is 84.1 Å². The first-order valence-electron chi connectivity index (χ1n) is 10.9. The summed E-state index contributed by atoms with van der Waals surface area (Å²) in [5.41, 5.74) is 4.11. The summed E-state index contributed by atoms with van der Waals surface area (Å²) in [6.45, 7) is 1.65. The Bertz CT molecular complexity index is 1440. The third-order valence-corrected chi connectivity index (χ3v) is 5.52. The molecule has 2 aromatic heterocycles. The van der Waals surface area contributed by atoms with Gasteiger partial charge >= 0.3 is 5.97 Å². The molecule has 4 rings (SSSR count). The highest BCUT2D eigenvalue weighted by atomic mass is 16.5. The minimum absolute atomic E-state index is 0.102. The summed E-state index contributed by atoms with van der Waals surface area (Å²) in [7, 11) is 3.10. The maximum atomic E-state index is 12.7. The Morgan fingerprint density at radius 2 is 1.83 bits per heavy atom. The Labute approximate surface area is 201 Å². The third kappa shape index (κ3) is 5.14. The molecule has 9 heteroatoms. The van der Waals surface area contributed by atoms with Gasteiger partial charge in [0, 0.05) is 30.1 Å². The van der Waals surface area contributed by atoms with Crippen molar-refractivity contribution in [1.82, 2.24) is 14.5 Å². The molecule has 2 aromatic carbocycles. The molecule has 178 valence electrons. The number of hydrogen-bond acceptors (Lipinski definition) is 6. The van der Waals surface area contributed by atoms with Gasteiger partial charge in [0.15, 0.2) is 5.49 Å². The predicted octanol–water partition coefficient (Wildman–Crippen LogP) is 3.51. The third-order valence-electron chi connectivity index (χ3n) is 5.52. The molecule has 0 fully saturated rings. The van der Waals surface area contributed by atoms with Crippen LogP contribution in [0.5, 0.6) is 0 Å². The molecular weight excluding hydrogens is 446 g/mol. The van der Waals surface area contributed by atoms with Crippen LogP contribution >= 0.6 is 0 Å². The quantitative estimate of drug-likeness (QED) is 0.329. The average molecular weight is 472 g/mol. The van der Waals surface area contributed by atoms with E-state index in [1.54, 1.807) is 61.2 Å². The van der Waals surface area contributed by atoms with Gasteiger partial charge in [0.25, 0.3) is 5.91 Å².